The van der Waals surface area contributed by atoms with Gasteiger partial charge in [-0.1, -0.05) is 11.6 Å². The lowest BCUT2D eigenvalue weighted by atomic mass is 10.2. The largest absolute Gasteiger partial charge is 0.480 e. The molecule has 2 atom stereocenters. The van der Waals surface area contributed by atoms with Crippen LogP contribution in [-0.2, 0) is 9.59 Å². The fourth-order valence-corrected chi connectivity index (χ4v) is 0.390. The molecule has 11 heavy (non-hydrogen) atoms. The molecule has 0 aromatic carbocycles. The number of alkyl halides is 1. The van der Waals surface area contributed by atoms with Crippen LogP contribution in [0.15, 0.2) is 0 Å². The zero-order valence-corrected chi connectivity index (χ0v) is 5.95. The predicted octanol–water partition coefficient (Wildman–Crippen LogP) is -1.59. The number of halogens is 1. The Balaban J connectivity index is 4.55. The summed E-state index contributed by atoms with van der Waals surface area (Å²) in [4.78, 5) is 20.1. The van der Waals surface area contributed by atoms with Gasteiger partial charge in [-0.05, 0) is 0 Å². The standard InChI is InChI=1S/C4H6ClNO5/c5-4(11,3(9)10)1(6)2(7)8/h1,11H,6H2,(H,7,8)(H,9,10). The highest BCUT2D eigenvalue weighted by Crippen LogP contribution is 2.14. The van der Waals surface area contributed by atoms with E-state index in [1.54, 1.807) is 0 Å². The number of carbonyl (C=O) groups is 2. The molecule has 0 rings (SSSR count). The van der Waals surface area contributed by atoms with Crippen LogP contribution >= 0.6 is 11.6 Å². The molecule has 0 aliphatic rings. The minimum atomic E-state index is -2.95. The molecule has 0 spiro atoms. The van der Waals surface area contributed by atoms with Gasteiger partial charge in [0.25, 0.3) is 5.06 Å². The van der Waals surface area contributed by atoms with E-state index >= 15 is 0 Å². The van der Waals surface area contributed by atoms with Gasteiger partial charge in [-0.15, -0.1) is 0 Å². The number of hydrogen-bond donors (Lipinski definition) is 4. The summed E-state index contributed by atoms with van der Waals surface area (Å²) >= 11 is 4.87. The van der Waals surface area contributed by atoms with Crippen LogP contribution in [0.2, 0.25) is 0 Å². The van der Waals surface area contributed by atoms with Crippen LogP contribution < -0.4 is 5.73 Å². The van der Waals surface area contributed by atoms with Crippen molar-refractivity contribution in [1.29, 1.82) is 0 Å². The molecule has 0 aromatic rings. The maximum atomic E-state index is 10.0. The first-order valence-electron chi connectivity index (χ1n) is 2.43. The lowest BCUT2D eigenvalue weighted by molar-refractivity contribution is -0.158. The molecule has 7 heteroatoms. The smallest absolute Gasteiger partial charge is 0.354 e. The summed E-state index contributed by atoms with van der Waals surface area (Å²) in [6.45, 7) is 0. The SMILES string of the molecule is NC(C(=O)O)C(O)(Cl)C(=O)O. The van der Waals surface area contributed by atoms with Crippen molar-refractivity contribution in [3.05, 3.63) is 0 Å². The summed E-state index contributed by atoms with van der Waals surface area (Å²) in [5.41, 5.74) is 4.73. The topological polar surface area (TPSA) is 121 Å². The van der Waals surface area contributed by atoms with Gasteiger partial charge in [0, 0.05) is 0 Å². The molecule has 2 unspecified atom stereocenters. The minimum Gasteiger partial charge on any atom is -0.480 e. The van der Waals surface area contributed by atoms with Crippen LogP contribution in [0.4, 0.5) is 0 Å². The van der Waals surface area contributed by atoms with Crippen molar-refractivity contribution >= 4 is 23.5 Å². The zero-order valence-electron chi connectivity index (χ0n) is 5.19. The maximum Gasteiger partial charge on any atom is 0.354 e. The summed E-state index contributed by atoms with van der Waals surface area (Å²) in [5.74, 6) is -3.58. The van der Waals surface area contributed by atoms with Crippen LogP contribution in [-0.4, -0.2) is 38.4 Å². The third-order valence-electron chi connectivity index (χ3n) is 0.978. The number of nitrogens with two attached hydrogens (primary N) is 1. The van der Waals surface area contributed by atoms with Crippen molar-refractivity contribution in [1.82, 2.24) is 0 Å². The van der Waals surface area contributed by atoms with Crippen molar-refractivity contribution in [2.75, 3.05) is 0 Å². The van der Waals surface area contributed by atoms with Crippen LogP contribution in [0.1, 0.15) is 0 Å². The number of rotatable bonds is 3. The highest BCUT2D eigenvalue weighted by atomic mass is 35.5. The second kappa shape index (κ2) is 3.04. The Labute approximate surface area is 66.2 Å². The van der Waals surface area contributed by atoms with Crippen LogP contribution in [0.3, 0.4) is 0 Å². The molecule has 6 nitrogen and oxygen atoms in total. The Kier molecular flexibility index (Phi) is 2.80. The Hall–Kier alpha value is -0.850. The van der Waals surface area contributed by atoms with Gasteiger partial charge >= 0.3 is 11.9 Å². The van der Waals surface area contributed by atoms with E-state index in [-0.39, 0.29) is 0 Å². The summed E-state index contributed by atoms with van der Waals surface area (Å²) in [6.07, 6.45) is 0. The van der Waals surface area contributed by atoms with Gasteiger partial charge in [0.15, 0.2) is 6.04 Å². The minimum absolute atomic E-state index is 1.69. The summed E-state index contributed by atoms with van der Waals surface area (Å²) in [5, 5.41) is 22.0. The first-order valence-corrected chi connectivity index (χ1v) is 2.81. The molecule has 0 bridgehead atoms. The molecule has 0 aliphatic heterocycles. The number of carboxylic acids is 2. The van der Waals surface area contributed by atoms with Gasteiger partial charge in [0.05, 0.1) is 0 Å². The predicted molar refractivity (Wildman–Crippen MR) is 34.0 cm³/mol. The number of carboxylic acid groups (broad SMARTS) is 2. The van der Waals surface area contributed by atoms with E-state index in [1.165, 1.54) is 0 Å². The van der Waals surface area contributed by atoms with Gasteiger partial charge in [-0.3, -0.25) is 4.79 Å². The Morgan fingerprint density at radius 3 is 1.91 bits per heavy atom. The van der Waals surface area contributed by atoms with Crippen LogP contribution in [0.25, 0.3) is 0 Å². The van der Waals surface area contributed by atoms with Crippen molar-refractivity contribution in [2.45, 2.75) is 11.1 Å². The molecule has 0 amide bonds. The molecule has 5 N–H and O–H groups in total. The number of aliphatic hydroxyl groups is 1. The number of aliphatic carboxylic acids is 2. The highest BCUT2D eigenvalue weighted by Gasteiger charge is 2.44. The van der Waals surface area contributed by atoms with Crippen molar-refractivity contribution in [3.8, 4) is 0 Å². The fourth-order valence-electron chi connectivity index (χ4n) is 0.297. The van der Waals surface area contributed by atoms with E-state index < -0.39 is 23.0 Å². The van der Waals surface area contributed by atoms with Gasteiger partial charge < -0.3 is 21.1 Å². The average molecular weight is 184 g/mol. The van der Waals surface area contributed by atoms with E-state index in [2.05, 4.69) is 0 Å². The molecule has 64 valence electrons. The zero-order chi connectivity index (χ0) is 9.23. The first kappa shape index (κ1) is 10.2. The monoisotopic (exact) mass is 183 g/mol. The van der Waals surface area contributed by atoms with Gasteiger partial charge in [-0.25, -0.2) is 4.79 Å². The van der Waals surface area contributed by atoms with E-state index in [0.29, 0.717) is 0 Å². The summed E-state index contributed by atoms with van der Waals surface area (Å²) < 4.78 is 0. The molecular formula is C4H6ClNO5. The molecule has 0 saturated heterocycles. The fraction of sp³-hybridized carbons (Fsp3) is 0.500. The normalized spacial score (nSPS) is 18.5. The molecule has 0 aromatic heterocycles. The second-order valence-corrected chi connectivity index (χ2v) is 2.37. The summed E-state index contributed by atoms with van der Waals surface area (Å²) in [6, 6.07) is -2.05. The molecule has 0 saturated carbocycles. The quantitative estimate of drug-likeness (QED) is 0.392. The summed E-state index contributed by atoms with van der Waals surface area (Å²) in [7, 11) is 0. The van der Waals surface area contributed by atoms with Gasteiger partial charge in [0.1, 0.15) is 0 Å². The van der Waals surface area contributed by atoms with Crippen molar-refractivity contribution < 1.29 is 24.9 Å². The lowest BCUT2D eigenvalue weighted by Gasteiger charge is -2.18. The Bertz CT molecular complexity index is 191. The first-order chi connectivity index (χ1) is 4.80. The third kappa shape index (κ3) is 2.04. The third-order valence-corrected chi connectivity index (χ3v) is 1.37. The molecule has 0 aliphatic carbocycles. The van der Waals surface area contributed by atoms with E-state index in [0.717, 1.165) is 0 Å². The van der Waals surface area contributed by atoms with Crippen LogP contribution in [0.5, 0.6) is 0 Å². The van der Waals surface area contributed by atoms with Crippen LogP contribution in [0, 0.1) is 0 Å². The Morgan fingerprint density at radius 1 is 1.45 bits per heavy atom. The van der Waals surface area contributed by atoms with E-state index in [4.69, 9.17) is 32.7 Å². The van der Waals surface area contributed by atoms with E-state index in [9.17, 15) is 9.59 Å². The average Bonchev–Trinajstić information content (AvgIpc) is 1.85. The molecular weight excluding hydrogens is 177 g/mol. The van der Waals surface area contributed by atoms with Crippen molar-refractivity contribution in [2.24, 2.45) is 5.73 Å². The van der Waals surface area contributed by atoms with Crippen molar-refractivity contribution in [3.63, 3.8) is 0 Å². The van der Waals surface area contributed by atoms with E-state index in [1.807, 2.05) is 0 Å². The molecule has 0 radical (unpaired) electrons. The van der Waals surface area contributed by atoms with Gasteiger partial charge in [0.2, 0.25) is 0 Å². The highest BCUT2D eigenvalue weighted by molar-refractivity contribution is 6.34. The number of hydrogen-bond acceptors (Lipinski definition) is 4. The molecule has 0 fully saturated rings. The lowest BCUT2D eigenvalue weighted by Crippen LogP contribution is -2.54. The molecule has 0 heterocycles. The maximum absolute atomic E-state index is 10.0. The second-order valence-electron chi connectivity index (χ2n) is 1.79. The van der Waals surface area contributed by atoms with Gasteiger partial charge in [-0.2, -0.15) is 0 Å². The Morgan fingerprint density at radius 2 is 1.82 bits per heavy atom.